The SMILES string of the molecule is CCNC(CSc1ccc(Br)cc1)Cc1cnccc1N. The number of halogens is 1. The predicted molar refractivity (Wildman–Crippen MR) is 94.7 cm³/mol. The predicted octanol–water partition coefficient (Wildman–Crippen LogP) is 3.74. The second-order valence-corrected chi connectivity index (χ2v) is 6.81. The van der Waals surface area contributed by atoms with E-state index in [1.54, 1.807) is 6.20 Å². The number of thioether (sulfide) groups is 1. The highest BCUT2D eigenvalue weighted by Gasteiger charge is 2.11. The molecule has 5 heteroatoms. The normalized spacial score (nSPS) is 12.3. The third-order valence-electron chi connectivity index (χ3n) is 3.17. The minimum absolute atomic E-state index is 0.384. The molecule has 2 rings (SSSR count). The van der Waals surface area contributed by atoms with Crippen LogP contribution in [0.25, 0.3) is 0 Å². The number of rotatable bonds is 7. The lowest BCUT2D eigenvalue weighted by atomic mass is 10.1. The van der Waals surface area contributed by atoms with Gasteiger partial charge in [0.15, 0.2) is 0 Å². The van der Waals surface area contributed by atoms with Crippen molar-refractivity contribution in [1.29, 1.82) is 0 Å². The van der Waals surface area contributed by atoms with E-state index < -0.39 is 0 Å². The van der Waals surface area contributed by atoms with Gasteiger partial charge in [-0.05, 0) is 48.9 Å². The Balaban J connectivity index is 1.95. The Bertz CT molecular complexity index is 560. The van der Waals surface area contributed by atoms with E-state index in [-0.39, 0.29) is 0 Å². The number of benzene rings is 1. The van der Waals surface area contributed by atoms with Crippen LogP contribution in [0, 0.1) is 0 Å². The zero-order valence-electron chi connectivity index (χ0n) is 12.1. The Morgan fingerprint density at radius 2 is 2.05 bits per heavy atom. The van der Waals surface area contributed by atoms with Crippen LogP contribution in [0.15, 0.2) is 52.1 Å². The number of likely N-dealkylation sites (N-methyl/N-ethyl adjacent to an activating group) is 1. The van der Waals surface area contributed by atoms with E-state index in [0.717, 1.165) is 34.4 Å². The molecule has 0 saturated carbocycles. The quantitative estimate of drug-likeness (QED) is 0.733. The summed E-state index contributed by atoms with van der Waals surface area (Å²) in [5.41, 5.74) is 7.94. The molecule has 1 aromatic heterocycles. The third-order valence-corrected chi connectivity index (χ3v) is 4.87. The Hall–Kier alpha value is -1.04. The van der Waals surface area contributed by atoms with Crippen molar-refractivity contribution in [2.75, 3.05) is 18.0 Å². The fraction of sp³-hybridized carbons (Fsp3) is 0.312. The van der Waals surface area contributed by atoms with Crippen molar-refractivity contribution in [3.8, 4) is 0 Å². The molecule has 3 N–H and O–H groups in total. The molecule has 1 atom stereocenters. The first-order valence-electron chi connectivity index (χ1n) is 6.99. The number of hydrogen-bond acceptors (Lipinski definition) is 4. The minimum Gasteiger partial charge on any atom is -0.398 e. The topological polar surface area (TPSA) is 50.9 Å². The van der Waals surface area contributed by atoms with E-state index >= 15 is 0 Å². The molecule has 112 valence electrons. The maximum atomic E-state index is 6.01. The number of pyridine rings is 1. The van der Waals surface area contributed by atoms with Crippen LogP contribution in [0.3, 0.4) is 0 Å². The lowest BCUT2D eigenvalue weighted by Crippen LogP contribution is -2.33. The molecule has 1 unspecified atom stereocenters. The zero-order chi connectivity index (χ0) is 15.1. The molecule has 0 saturated heterocycles. The second-order valence-electron chi connectivity index (χ2n) is 4.80. The molecule has 0 aliphatic heterocycles. The number of hydrogen-bond donors (Lipinski definition) is 2. The van der Waals surface area contributed by atoms with Gasteiger partial charge in [0.1, 0.15) is 0 Å². The van der Waals surface area contributed by atoms with Gasteiger partial charge in [-0.25, -0.2) is 0 Å². The zero-order valence-corrected chi connectivity index (χ0v) is 14.5. The molecule has 2 aromatic rings. The lowest BCUT2D eigenvalue weighted by molar-refractivity contribution is 0.572. The van der Waals surface area contributed by atoms with Crippen LogP contribution in [0.5, 0.6) is 0 Å². The number of nitrogens with two attached hydrogens (primary N) is 1. The van der Waals surface area contributed by atoms with Crippen molar-refractivity contribution in [2.24, 2.45) is 0 Å². The van der Waals surface area contributed by atoms with E-state index in [0.29, 0.717) is 6.04 Å². The highest BCUT2D eigenvalue weighted by Crippen LogP contribution is 2.22. The number of nitrogens with zero attached hydrogens (tertiary/aromatic N) is 1. The van der Waals surface area contributed by atoms with Gasteiger partial charge in [0, 0.05) is 39.2 Å². The van der Waals surface area contributed by atoms with Crippen LogP contribution < -0.4 is 11.1 Å². The van der Waals surface area contributed by atoms with Crippen LogP contribution in [-0.2, 0) is 6.42 Å². The van der Waals surface area contributed by atoms with Gasteiger partial charge in [-0.2, -0.15) is 0 Å². The molecule has 0 aliphatic rings. The Kier molecular flexibility index (Phi) is 6.54. The van der Waals surface area contributed by atoms with Gasteiger partial charge < -0.3 is 11.1 Å². The molecule has 0 radical (unpaired) electrons. The summed E-state index contributed by atoms with van der Waals surface area (Å²) in [5, 5.41) is 3.53. The molecular weight excluding hydrogens is 346 g/mol. The number of aromatic nitrogens is 1. The van der Waals surface area contributed by atoms with Crippen LogP contribution >= 0.6 is 27.7 Å². The van der Waals surface area contributed by atoms with Crippen molar-refractivity contribution in [3.05, 3.63) is 52.8 Å². The summed E-state index contributed by atoms with van der Waals surface area (Å²) in [4.78, 5) is 5.44. The molecule has 0 amide bonds. The first kappa shape index (κ1) is 16.3. The monoisotopic (exact) mass is 365 g/mol. The lowest BCUT2D eigenvalue weighted by Gasteiger charge is -2.18. The summed E-state index contributed by atoms with van der Waals surface area (Å²) in [6, 6.07) is 10.7. The number of anilines is 1. The second kappa shape index (κ2) is 8.41. The molecule has 1 heterocycles. The largest absolute Gasteiger partial charge is 0.398 e. The highest BCUT2D eigenvalue weighted by molar-refractivity contribution is 9.10. The fourth-order valence-electron chi connectivity index (χ4n) is 2.08. The molecule has 0 fully saturated rings. The van der Waals surface area contributed by atoms with Crippen LogP contribution in [0.1, 0.15) is 12.5 Å². The fourth-order valence-corrected chi connectivity index (χ4v) is 3.30. The first-order chi connectivity index (χ1) is 10.2. The van der Waals surface area contributed by atoms with E-state index in [1.807, 2.05) is 24.0 Å². The minimum atomic E-state index is 0.384. The summed E-state index contributed by atoms with van der Waals surface area (Å²) in [5.74, 6) is 1.00. The Labute approximate surface area is 138 Å². The van der Waals surface area contributed by atoms with Gasteiger partial charge in [-0.15, -0.1) is 11.8 Å². The maximum absolute atomic E-state index is 6.01. The van der Waals surface area contributed by atoms with Gasteiger partial charge in [0.25, 0.3) is 0 Å². The number of nitrogens with one attached hydrogen (secondary N) is 1. The van der Waals surface area contributed by atoms with Gasteiger partial charge in [-0.1, -0.05) is 22.9 Å². The van der Waals surface area contributed by atoms with Gasteiger partial charge >= 0.3 is 0 Å². The average Bonchev–Trinajstić information content (AvgIpc) is 2.49. The molecule has 21 heavy (non-hydrogen) atoms. The summed E-state index contributed by atoms with van der Waals surface area (Å²) in [6.07, 6.45) is 4.50. The summed E-state index contributed by atoms with van der Waals surface area (Å²) < 4.78 is 1.11. The van der Waals surface area contributed by atoms with Gasteiger partial charge in [0.05, 0.1) is 0 Å². The molecule has 0 aliphatic carbocycles. The van der Waals surface area contributed by atoms with Crippen molar-refractivity contribution >= 4 is 33.4 Å². The molecule has 1 aromatic carbocycles. The van der Waals surface area contributed by atoms with Crippen molar-refractivity contribution in [2.45, 2.75) is 24.3 Å². The van der Waals surface area contributed by atoms with E-state index in [2.05, 4.69) is 57.4 Å². The van der Waals surface area contributed by atoms with Crippen molar-refractivity contribution < 1.29 is 0 Å². The third kappa shape index (κ3) is 5.34. The summed E-state index contributed by atoms with van der Waals surface area (Å²) in [6.45, 7) is 3.08. The van der Waals surface area contributed by atoms with Gasteiger partial charge in [0.2, 0.25) is 0 Å². The first-order valence-corrected chi connectivity index (χ1v) is 8.77. The van der Waals surface area contributed by atoms with Crippen LogP contribution in [0.2, 0.25) is 0 Å². The summed E-state index contributed by atoms with van der Waals surface area (Å²) in [7, 11) is 0. The van der Waals surface area contributed by atoms with E-state index in [4.69, 9.17) is 5.73 Å². The van der Waals surface area contributed by atoms with E-state index in [9.17, 15) is 0 Å². The standard InChI is InChI=1S/C16H20BrN3S/c1-2-20-14(9-12-10-19-8-7-16(12)18)11-21-15-5-3-13(17)4-6-15/h3-8,10,14,20H,2,9,11H2,1H3,(H2,18,19). The Morgan fingerprint density at radius 3 is 2.71 bits per heavy atom. The highest BCUT2D eigenvalue weighted by atomic mass is 79.9. The molecule has 0 bridgehead atoms. The average molecular weight is 366 g/mol. The molecular formula is C16H20BrN3S. The van der Waals surface area contributed by atoms with Crippen molar-refractivity contribution in [3.63, 3.8) is 0 Å². The Morgan fingerprint density at radius 1 is 1.29 bits per heavy atom. The van der Waals surface area contributed by atoms with Gasteiger partial charge in [-0.3, -0.25) is 4.98 Å². The van der Waals surface area contributed by atoms with Crippen LogP contribution in [-0.4, -0.2) is 23.3 Å². The maximum Gasteiger partial charge on any atom is 0.0378 e. The number of nitrogen functional groups attached to an aromatic ring is 1. The van der Waals surface area contributed by atoms with Crippen LogP contribution in [0.4, 0.5) is 5.69 Å². The molecule has 0 spiro atoms. The smallest absolute Gasteiger partial charge is 0.0378 e. The molecule has 3 nitrogen and oxygen atoms in total. The summed E-state index contributed by atoms with van der Waals surface area (Å²) >= 11 is 5.32. The van der Waals surface area contributed by atoms with E-state index in [1.165, 1.54) is 4.90 Å². The van der Waals surface area contributed by atoms with Crippen molar-refractivity contribution in [1.82, 2.24) is 10.3 Å².